The summed E-state index contributed by atoms with van der Waals surface area (Å²) >= 11 is 1.20. The van der Waals surface area contributed by atoms with Crippen molar-refractivity contribution in [1.29, 1.82) is 0 Å². The van der Waals surface area contributed by atoms with Crippen LogP contribution in [0.1, 0.15) is 18.4 Å². The summed E-state index contributed by atoms with van der Waals surface area (Å²) in [6.45, 7) is 0.599. The molecule has 0 radical (unpaired) electrons. The Morgan fingerprint density at radius 1 is 1.15 bits per heavy atom. The van der Waals surface area contributed by atoms with E-state index >= 15 is 0 Å². The number of nitrogens with one attached hydrogen (secondary N) is 1. The number of likely N-dealkylation sites (tertiary alicyclic amines) is 1. The molecule has 4 aromatic rings. The fourth-order valence-electron chi connectivity index (χ4n) is 3.94. The Morgan fingerprint density at radius 2 is 1.94 bits per heavy atom. The number of benzene rings is 2. The average Bonchev–Trinajstić information content (AvgIpc) is 3.53. The maximum atomic E-state index is 12.9. The van der Waals surface area contributed by atoms with Gasteiger partial charge in [-0.15, -0.1) is 11.3 Å². The third kappa shape index (κ3) is 4.55. The molecule has 34 heavy (non-hydrogen) atoms. The van der Waals surface area contributed by atoms with Crippen LogP contribution in [0.2, 0.25) is 0 Å². The summed E-state index contributed by atoms with van der Waals surface area (Å²) in [5, 5.41) is 5.60. The minimum absolute atomic E-state index is 0.148. The molecule has 1 aliphatic heterocycles. The van der Waals surface area contributed by atoms with E-state index in [0.29, 0.717) is 41.4 Å². The molecule has 0 bridgehead atoms. The van der Waals surface area contributed by atoms with Crippen LogP contribution < -0.4 is 10.9 Å². The lowest BCUT2D eigenvalue weighted by molar-refractivity contribution is -0.120. The summed E-state index contributed by atoms with van der Waals surface area (Å²) < 4.78 is 10.8. The number of anilines is 1. The number of nitrogens with zero attached hydrogens (tertiary/aromatic N) is 2. The zero-order valence-corrected chi connectivity index (χ0v) is 18.9. The first-order chi connectivity index (χ1) is 16.6. The molecule has 1 atom stereocenters. The zero-order valence-electron chi connectivity index (χ0n) is 18.1. The molecule has 9 heteroatoms. The molecule has 1 aliphatic rings. The molecule has 3 heterocycles. The third-order valence-electron chi connectivity index (χ3n) is 5.65. The predicted molar refractivity (Wildman–Crippen MR) is 129 cm³/mol. The monoisotopic (exact) mass is 475 g/mol. The van der Waals surface area contributed by atoms with E-state index in [1.54, 1.807) is 23.6 Å². The number of rotatable bonds is 5. The predicted octanol–water partition coefficient (Wildman–Crippen LogP) is 4.66. The van der Waals surface area contributed by atoms with Crippen LogP contribution in [0.4, 0.5) is 9.93 Å². The summed E-state index contributed by atoms with van der Waals surface area (Å²) in [4.78, 5) is 43.8. The first-order valence-corrected chi connectivity index (χ1v) is 11.7. The van der Waals surface area contributed by atoms with Gasteiger partial charge in [-0.2, -0.15) is 0 Å². The van der Waals surface area contributed by atoms with E-state index < -0.39 is 17.8 Å². The quantitative estimate of drug-likeness (QED) is 0.422. The van der Waals surface area contributed by atoms with Crippen LogP contribution in [-0.4, -0.2) is 34.5 Å². The minimum atomic E-state index is -0.638. The van der Waals surface area contributed by atoms with E-state index in [4.69, 9.17) is 9.15 Å². The summed E-state index contributed by atoms with van der Waals surface area (Å²) in [7, 11) is 0. The maximum absolute atomic E-state index is 12.9. The molecule has 172 valence electrons. The van der Waals surface area contributed by atoms with Crippen LogP contribution in [-0.2, 0) is 16.1 Å². The molecule has 2 aromatic heterocycles. The van der Waals surface area contributed by atoms with Crippen LogP contribution in [0.5, 0.6) is 0 Å². The van der Waals surface area contributed by atoms with Crippen LogP contribution in [0, 0.1) is 0 Å². The average molecular weight is 476 g/mol. The Labute approximate surface area is 198 Å². The Hall–Kier alpha value is -3.98. The smallest absolute Gasteiger partial charge is 0.410 e. The van der Waals surface area contributed by atoms with Gasteiger partial charge in [0.1, 0.15) is 18.2 Å². The Balaban J connectivity index is 1.26. The molecule has 1 N–H and O–H groups in total. The van der Waals surface area contributed by atoms with Gasteiger partial charge >= 0.3 is 11.7 Å². The highest BCUT2D eigenvalue weighted by Crippen LogP contribution is 2.27. The number of hydrogen-bond donors (Lipinski definition) is 1. The van der Waals surface area contributed by atoms with Crippen LogP contribution in [0.15, 0.2) is 75.3 Å². The highest BCUT2D eigenvalue weighted by molar-refractivity contribution is 7.14. The van der Waals surface area contributed by atoms with Crippen LogP contribution in [0.25, 0.3) is 22.2 Å². The van der Waals surface area contributed by atoms with Crippen LogP contribution in [0.3, 0.4) is 0 Å². The normalized spacial score (nSPS) is 15.4. The molecule has 1 fully saturated rings. The molecule has 0 saturated carbocycles. The largest absolute Gasteiger partial charge is 0.445 e. The number of hydrogen-bond acceptors (Lipinski definition) is 7. The van der Waals surface area contributed by atoms with E-state index in [1.165, 1.54) is 16.2 Å². The maximum Gasteiger partial charge on any atom is 0.410 e. The number of carbonyl (C=O) groups is 2. The molecule has 5 rings (SSSR count). The lowest BCUT2D eigenvalue weighted by atomic mass is 10.1. The molecule has 2 amide bonds. The standard InChI is InChI=1S/C25H21N3O5S/c29-22(20-10-6-12-28(20)25(31)32-14-16-7-2-1-3-8-16)27-24-26-19(15-34-24)18-13-17-9-4-5-11-21(17)33-23(18)30/h1-5,7-9,11,13,15,20H,6,10,12,14H2,(H,26,27,29)/t20-/m0/s1. The van der Waals surface area contributed by atoms with Gasteiger partial charge in [-0.3, -0.25) is 9.69 Å². The van der Waals surface area contributed by atoms with Crippen molar-refractivity contribution in [2.24, 2.45) is 0 Å². The van der Waals surface area contributed by atoms with Crippen molar-refractivity contribution < 1.29 is 18.7 Å². The van der Waals surface area contributed by atoms with Crippen molar-refractivity contribution in [3.8, 4) is 11.3 Å². The van der Waals surface area contributed by atoms with E-state index in [1.807, 2.05) is 42.5 Å². The first-order valence-electron chi connectivity index (χ1n) is 10.9. The second-order valence-electron chi connectivity index (χ2n) is 7.90. The second-order valence-corrected chi connectivity index (χ2v) is 8.76. The lowest BCUT2D eigenvalue weighted by Crippen LogP contribution is -2.43. The van der Waals surface area contributed by atoms with Crippen molar-refractivity contribution in [1.82, 2.24) is 9.88 Å². The van der Waals surface area contributed by atoms with Crippen molar-refractivity contribution in [2.75, 3.05) is 11.9 Å². The Kier molecular flexibility index (Phi) is 6.09. The summed E-state index contributed by atoms with van der Waals surface area (Å²) in [5.41, 5.74) is 1.63. The molecule has 8 nitrogen and oxygen atoms in total. The van der Waals surface area contributed by atoms with Gasteiger partial charge in [0.05, 0.1) is 11.3 Å². The van der Waals surface area contributed by atoms with Crippen molar-refractivity contribution in [3.63, 3.8) is 0 Å². The molecule has 2 aromatic carbocycles. The minimum Gasteiger partial charge on any atom is -0.445 e. The van der Waals surface area contributed by atoms with E-state index in [2.05, 4.69) is 10.3 Å². The van der Waals surface area contributed by atoms with Gasteiger partial charge in [0, 0.05) is 17.3 Å². The molecular formula is C25H21N3O5S. The SMILES string of the molecule is O=C(Nc1nc(-c2cc3ccccc3oc2=O)cs1)[C@@H]1CCCN1C(=O)OCc1ccccc1. The summed E-state index contributed by atoms with van der Waals surface area (Å²) in [5.74, 6) is -0.333. The summed E-state index contributed by atoms with van der Waals surface area (Å²) in [6.07, 6.45) is 0.730. The number of amides is 2. The molecule has 1 saturated heterocycles. The van der Waals surface area contributed by atoms with E-state index in [9.17, 15) is 14.4 Å². The third-order valence-corrected chi connectivity index (χ3v) is 6.40. The van der Waals surface area contributed by atoms with Gasteiger partial charge in [-0.05, 0) is 30.5 Å². The zero-order chi connectivity index (χ0) is 23.5. The fraction of sp³-hybridized carbons (Fsp3) is 0.200. The molecule has 0 aliphatic carbocycles. The lowest BCUT2D eigenvalue weighted by Gasteiger charge is -2.22. The van der Waals surface area contributed by atoms with Crippen molar-refractivity contribution >= 4 is 39.4 Å². The number of para-hydroxylation sites is 1. The van der Waals surface area contributed by atoms with Gasteiger partial charge in [-0.1, -0.05) is 48.5 Å². The fourth-order valence-corrected chi connectivity index (χ4v) is 4.66. The first kappa shape index (κ1) is 21.8. The topological polar surface area (TPSA) is 102 Å². The number of carbonyl (C=O) groups excluding carboxylic acids is 2. The number of thiazole rings is 1. The second kappa shape index (κ2) is 9.48. The van der Waals surface area contributed by atoms with Crippen molar-refractivity contribution in [3.05, 3.63) is 82.0 Å². The highest BCUT2D eigenvalue weighted by Gasteiger charge is 2.35. The molecule has 0 spiro atoms. The number of aromatic nitrogens is 1. The molecule has 0 unspecified atom stereocenters. The Morgan fingerprint density at radius 3 is 2.79 bits per heavy atom. The molecular weight excluding hydrogens is 454 g/mol. The van der Waals surface area contributed by atoms with Gasteiger partial charge in [-0.25, -0.2) is 14.6 Å². The van der Waals surface area contributed by atoms with Gasteiger partial charge < -0.3 is 14.5 Å². The van der Waals surface area contributed by atoms with Gasteiger partial charge in [0.25, 0.3) is 0 Å². The van der Waals surface area contributed by atoms with Gasteiger partial charge in [0.15, 0.2) is 5.13 Å². The number of ether oxygens (including phenoxy) is 1. The van der Waals surface area contributed by atoms with Gasteiger partial charge in [0.2, 0.25) is 5.91 Å². The van der Waals surface area contributed by atoms with E-state index in [0.717, 1.165) is 10.9 Å². The Bertz CT molecular complexity index is 1400. The van der Waals surface area contributed by atoms with E-state index in [-0.39, 0.29) is 12.5 Å². The number of fused-ring (bicyclic) bond motifs is 1. The highest BCUT2D eigenvalue weighted by atomic mass is 32.1. The van der Waals surface area contributed by atoms with Crippen LogP contribution >= 0.6 is 11.3 Å². The van der Waals surface area contributed by atoms with Crippen molar-refractivity contribution in [2.45, 2.75) is 25.5 Å². The summed E-state index contributed by atoms with van der Waals surface area (Å²) in [6, 6.07) is 17.7.